The molecule has 0 aliphatic carbocycles. The van der Waals surface area contributed by atoms with Crippen molar-refractivity contribution < 1.29 is 0 Å². The van der Waals surface area contributed by atoms with E-state index in [4.69, 9.17) is 0 Å². The first-order valence-electron chi connectivity index (χ1n) is 2.41. The molecule has 0 aliphatic rings. The Morgan fingerprint density at radius 1 is 0.444 bits per heavy atom. The number of hydrogen-bond donors (Lipinski definition) is 11. The van der Waals surface area contributed by atoms with Crippen LogP contribution in [0.4, 0.5) is 0 Å². The highest BCUT2D eigenvalue weighted by Gasteiger charge is 1.72. The lowest BCUT2D eigenvalue weighted by molar-refractivity contribution is 1.48. The Balaban J connectivity index is -0.00000000495. The molecule has 0 bridgehead atoms. The zero-order valence-corrected chi connectivity index (χ0v) is 12.2. The van der Waals surface area contributed by atoms with Crippen molar-refractivity contribution in [3.8, 4) is 0 Å². The fraction of sp³-hybridized carbons (Fsp3) is 0.143. The Morgan fingerprint density at radius 3 is 0.778 bits per heavy atom. The van der Waals surface area contributed by atoms with E-state index < -0.39 is 0 Å². The highest BCUT2D eigenvalue weighted by atomic mass is 14.0. The molecular weight excluding hydrogens is 238 g/mol. The lowest BCUT2D eigenvalue weighted by atomic mass is 10.2. The summed E-state index contributed by atoms with van der Waals surface area (Å²) in [6, 6.07) is 10.3. The highest BCUT2D eigenvalue weighted by molar-refractivity contribution is 5.11. The standard InChI is InChI=1S/C7H8.11H3N/c1-7-5-3-2-4-6-7;;;;;;;;;;;/h2-6H,1H3;11*1H3. The smallest absolute Gasteiger partial charge is 0.0398 e. The molecule has 0 atom stereocenters. The molecule has 0 aromatic heterocycles. The van der Waals surface area contributed by atoms with E-state index in [0.29, 0.717) is 0 Å². The van der Waals surface area contributed by atoms with E-state index in [-0.39, 0.29) is 67.7 Å². The van der Waals surface area contributed by atoms with E-state index in [9.17, 15) is 0 Å². The average molecular weight is 279 g/mol. The molecular formula is C7H41N11. The summed E-state index contributed by atoms with van der Waals surface area (Å²) in [4.78, 5) is 0. The van der Waals surface area contributed by atoms with Gasteiger partial charge in [0.05, 0.1) is 0 Å². The number of benzene rings is 1. The van der Waals surface area contributed by atoms with Crippen LogP contribution in [0.3, 0.4) is 0 Å². The van der Waals surface area contributed by atoms with Gasteiger partial charge in [0.1, 0.15) is 0 Å². The molecule has 0 unspecified atom stereocenters. The van der Waals surface area contributed by atoms with Crippen LogP contribution in [0.25, 0.3) is 0 Å². The van der Waals surface area contributed by atoms with Crippen molar-refractivity contribution in [2.24, 2.45) is 0 Å². The second kappa shape index (κ2) is 75.0. The largest absolute Gasteiger partial charge is 0.344 e. The molecule has 33 N–H and O–H groups in total. The first-order chi connectivity index (χ1) is 3.39. The van der Waals surface area contributed by atoms with Gasteiger partial charge in [-0.2, -0.15) is 0 Å². The fourth-order valence-corrected chi connectivity index (χ4v) is 0.534. The Morgan fingerprint density at radius 2 is 0.667 bits per heavy atom. The van der Waals surface area contributed by atoms with Crippen molar-refractivity contribution in [3.63, 3.8) is 0 Å². The molecule has 11 nitrogen and oxygen atoms in total. The topological polar surface area (TPSA) is 385 Å². The lowest BCUT2D eigenvalue weighted by Gasteiger charge is -1.82. The normalized spacial score (nSPS) is 3.39. The van der Waals surface area contributed by atoms with Crippen LogP contribution < -0.4 is 67.7 Å². The van der Waals surface area contributed by atoms with Gasteiger partial charge in [-0.3, -0.25) is 0 Å². The van der Waals surface area contributed by atoms with E-state index >= 15 is 0 Å². The molecule has 0 radical (unpaired) electrons. The van der Waals surface area contributed by atoms with Crippen LogP contribution in [-0.4, -0.2) is 0 Å². The molecule has 124 valence electrons. The van der Waals surface area contributed by atoms with Crippen LogP contribution in [0.15, 0.2) is 30.3 Å². The van der Waals surface area contributed by atoms with Crippen molar-refractivity contribution in [1.82, 2.24) is 67.7 Å². The Labute approximate surface area is 111 Å². The SMILES string of the molecule is Cc1ccccc1.N.N.N.N.N.N.N.N.N.N.N. The highest BCUT2D eigenvalue weighted by Crippen LogP contribution is 1.92. The second-order valence-corrected chi connectivity index (χ2v) is 1.65. The van der Waals surface area contributed by atoms with Crippen LogP contribution in [0.1, 0.15) is 5.56 Å². The molecule has 1 rings (SSSR count). The Kier molecular flexibility index (Phi) is 521. The van der Waals surface area contributed by atoms with Crippen molar-refractivity contribution in [3.05, 3.63) is 35.9 Å². The summed E-state index contributed by atoms with van der Waals surface area (Å²) >= 11 is 0. The van der Waals surface area contributed by atoms with Gasteiger partial charge in [0, 0.05) is 0 Å². The van der Waals surface area contributed by atoms with Gasteiger partial charge in [0.15, 0.2) is 0 Å². The Hall–Kier alpha value is -1.22. The number of aryl methyl sites for hydroxylation is 1. The molecule has 0 saturated carbocycles. The zero-order valence-electron chi connectivity index (χ0n) is 12.2. The molecule has 11 heteroatoms. The third-order valence-corrected chi connectivity index (χ3v) is 0.940. The van der Waals surface area contributed by atoms with Crippen molar-refractivity contribution in [2.75, 3.05) is 0 Å². The van der Waals surface area contributed by atoms with Gasteiger partial charge in [-0.25, -0.2) is 0 Å². The zero-order chi connectivity index (χ0) is 5.11. The summed E-state index contributed by atoms with van der Waals surface area (Å²) in [7, 11) is 0. The third kappa shape index (κ3) is 61.1. The van der Waals surface area contributed by atoms with Gasteiger partial charge in [0.25, 0.3) is 0 Å². The van der Waals surface area contributed by atoms with Gasteiger partial charge < -0.3 is 67.7 Å². The van der Waals surface area contributed by atoms with Crippen LogP contribution in [0, 0.1) is 6.92 Å². The summed E-state index contributed by atoms with van der Waals surface area (Å²) in [6.07, 6.45) is 0. The predicted octanol–water partition coefficient (Wildman–Crippen LogP) is 3.78. The average Bonchev–Trinajstić information content (AvgIpc) is 1.69. The van der Waals surface area contributed by atoms with Crippen molar-refractivity contribution >= 4 is 0 Å². The van der Waals surface area contributed by atoms with Crippen LogP contribution in [0.5, 0.6) is 0 Å². The quantitative estimate of drug-likeness (QED) is 0.324. The molecule has 0 heterocycles. The number of rotatable bonds is 0. The molecule has 0 fully saturated rings. The lowest BCUT2D eigenvalue weighted by Crippen LogP contribution is -1.62. The predicted molar refractivity (Wildman–Crippen MR) is 86.4 cm³/mol. The van der Waals surface area contributed by atoms with Crippen molar-refractivity contribution in [2.45, 2.75) is 6.92 Å². The molecule has 0 saturated heterocycles. The Bertz CT molecular complexity index is 147. The number of hydrogen-bond acceptors (Lipinski definition) is 11. The van der Waals surface area contributed by atoms with Crippen LogP contribution in [0.2, 0.25) is 0 Å². The summed E-state index contributed by atoms with van der Waals surface area (Å²) in [6.45, 7) is 2.08. The molecule has 0 aliphatic heterocycles. The van der Waals surface area contributed by atoms with E-state index in [2.05, 4.69) is 19.1 Å². The maximum absolute atomic E-state index is 2.08. The van der Waals surface area contributed by atoms with Crippen LogP contribution >= 0.6 is 0 Å². The summed E-state index contributed by atoms with van der Waals surface area (Å²) in [5, 5.41) is 0. The second-order valence-electron chi connectivity index (χ2n) is 1.65. The molecule has 1 aromatic carbocycles. The van der Waals surface area contributed by atoms with Gasteiger partial charge >= 0.3 is 0 Å². The first kappa shape index (κ1) is 125. The minimum Gasteiger partial charge on any atom is -0.344 e. The van der Waals surface area contributed by atoms with Crippen LogP contribution in [-0.2, 0) is 0 Å². The van der Waals surface area contributed by atoms with Crippen molar-refractivity contribution in [1.29, 1.82) is 0 Å². The van der Waals surface area contributed by atoms with E-state index in [0.717, 1.165) is 0 Å². The van der Waals surface area contributed by atoms with E-state index in [1.807, 2.05) is 18.2 Å². The van der Waals surface area contributed by atoms with Gasteiger partial charge in [-0.05, 0) is 6.92 Å². The minimum atomic E-state index is 0. The first-order valence-corrected chi connectivity index (χ1v) is 2.41. The maximum Gasteiger partial charge on any atom is -0.0398 e. The summed E-state index contributed by atoms with van der Waals surface area (Å²) in [5.41, 5.74) is 1.32. The third-order valence-electron chi connectivity index (χ3n) is 0.940. The minimum absolute atomic E-state index is 0. The maximum atomic E-state index is 2.08. The summed E-state index contributed by atoms with van der Waals surface area (Å²) < 4.78 is 0. The van der Waals surface area contributed by atoms with Gasteiger partial charge in [0.2, 0.25) is 0 Å². The monoisotopic (exact) mass is 279 g/mol. The van der Waals surface area contributed by atoms with E-state index in [1.54, 1.807) is 0 Å². The molecule has 0 spiro atoms. The fourth-order valence-electron chi connectivity index (χ4n) is 0.534. The van der Waals surface area contributed by atoms with Gasteiger partial charge in [-0.1, -0.05) is 35.9 Å². The van der Waals surface area contributed by atoms with E-state index in [1.165, 1.54) is 5.56 Å². The molecule has 1 aromatic rings. The summed E-state index contributed by atoms with van der Waals surface area (Å²) in [5.74, 6) is 0. The molecule has 18 heavy (non-hydrogen) atoms. The molecule has 0 amide bonds. The van der Waals surface area contributed by atoms with Gasteiger partial charge in [-0.15, -0.1) is 0 Å².